The molecule has 0 aliphatic heterocycles. The molecule has 2 aromatic carbocycles. The molecule has 1 N–H and O–H groups in total. The summed E-state index contributed by atoms with van der Waals surface area (Å²) in [7, 11) is 0. The summed E-state index contributed by atoms with van der Waals surface area (Å²) < 4.78 is 0. The van der Waals surface area contributed by atoms with Gasteiger partial charge < -0.3 is 5.32 Å². The number of hydrogen-bond donors (Lipinski definition) is 1. The summed E-state index contributed by atoms with van der Waals surface area (Å²) in [6.07, 6.45) is 1.79. The van der Waals surface area contributed by atoms with Gasteiger partial charge in [-0.15, -0.1) is 0 Å². The number of fused-ring (bicyclic) bond motifs is 1. The van der Waals surface area contributed by atoms with Crippen molar-refractivity contribution in [1.82, 2.24) is 9.97 Å². The monoisotopic (exact) mass is 263 g/mol. The SMILES string of the molecule is Cc1ncc(NCc2cccc3ccccc23)nc1C. The zero-order valence-corrected chi connectivity index (χ0v) is 11.7. The predicted molar refractivity (Wildman–Crippen MR) is 82.8 cm³/mol. The van der Waals surface area contributed by atoms with E-state index < -0.39 is 0 Å². The van der Waals surface area contributed by atoms with Crippen LogP contribution in [0.3, 0.4) is 0 Å². The lowest BCUT2D eigenvalue weighted by Gasteiger charge is -2.09. The van der Waals surface area contributed by atoms with Crippen LogP contribution in [0.1, 0.15) is 17.0 Å². The molecule has 0 saturated heterocycles. The molecule has 0 aliphatic rings. The molecule has 0 amide bonds. The molecular formula is C17H17N3. The van der Waals surface area contributed by atoms with E-state index in [-0.39, 0.29) is 0 Å². The van der Waals surface area contributed by atoms with E-state index in [1.54, 1.807) is 6.20 Å². The molecule has 3 rings (SSSR count). The quantitative estimate of drug-likeness (QED) is 0.779. The van der Waals surface area contributed by atoms with Crippen LogP contribution in [0.5, 0.6) is 0 Å². The Morgan fingerprint density at radius 3 is 2.60 bits per heavy atom. The number of nitrogens with one attached hydrogen (secondary N) is 1. The fourth-order valence-electron chi connectivity index (χ4n) is 2.26. The van der Waals surface area contributed by atoms with E-state index in [4.69, 9.17) is 0 Å². The first-order valence-corrected chi connectivity index (χ1v) is 6.75. The lowest BCUT2D eigenvalue weighted by atomic mass is 10.0. The maximum atomic E-state index is 4.49. The van der Waals surface area contributed by atoms with E-state index in [1.165, 1.54) is 16.3 Å². The van der Waals surface area contributed by atoms with Crippen LogP contribution in [-0.2, 0) is 6.54 Å². The van der Waals surface area contributed by atoms with Crippen molar-refractivity contribution >= 4 is 16.6 Å². The highest BCUT2D eigenvalue weighted by Gasteiger charge is 2.02. The molecule has 0 aliphatic carbocycles. The van der Waals surface area contributed by atoms with Crippen LogP contribution in [0, 0.1) is 13.8 Å². The molecule has 0 bridgehead atoms. The van der Waals surface area contributed by atoms with E-state index >= 15 is 0 Å². The number of nitrogens with zero attached hydrogens (tertiary/aromatic N) is 2. The van der Waals surface area contributed by atoms with Gasteiger partial charge in [-0.2, -0.15) is 0 Å². The van der Waals surface area contributed by atoms with Crippen molar-refractivity contribution in [2.75, 3.05) is 5.32 Å². The Morgan fingerprint density at radius 1 is 0.950 bits per heavy atom. The summed E-state index contributed by atoms with van der Waals surface area (Å²) in [4.78, 5) is 8.82. The van der Waals surface area contributed by atoms with Gasteiger partial charge in [-0.25, -0.2) is 4.98 Å². The van der Waals surface area contributed by atoms with Crippen LogP contribution in [0.25, 0.3) is 10.8 Å². The van der Waals surface area contributed by atoms with Gasteiger partial charge in [0.1, 0.15) is 5.82 Å². The van der Waals surface area contributed by atoms with Crippen LogP contribution in [0.2, 0.25) is 0 Å². The molecule has 0 spiro atoms. The summed E-state index contributed by atoms with van der Waals surface area (Å²) in [5.74, 6) is 0.820. The van der Waals surface area contributed by atoms with Gasteiger partial charge in [-0.1, -0.05) is 42.5 Å². The third-order valence-corrected chi connectivity index (χ3v) is 3.53. The van der Waals surface area contributed by atoms with Crippen molar-refractivity contribution in [2.24, 2.45) is 0 Å². The number of aromatic nitrogens is 2. The Bertz CT molecular complexity index is 745. The van der Waals surface area contributed by atoms with Gasteiger partial charge in [0.2, 0.25) is 0 Å². The topological polar surface area (TPSA) is 37.8 Å². The minimum absolute atomic E-state index is 0.749. The average molecular weight is 263 g/mol. The molecule has 0 atom stereocenters. The van der Waals surface area contributed by atoms with Gasteiger partial charge in [0.15, 0.2) is 0 Å². The Morgan fingerprint density at radius 2 is 1.75 bits per heavy atom. The van der Waals surface area contributed by atoms with Gasteiger partial charge in [0.05, 0.1) is 17.6 Å². The minimum Gasteiger partial charge on any atom is -0.365 e. The first-order chi connectivity index (χ1) is 9.74. The van der Waals surface area contributed by atoms with E-state index in [0.29, 0.717) is 0 Å². The second-order valence-corrected chi connectivity index (χ2v) is 4.92. The van der Waals surface area contributed by atoms with E-state index in [9.17, 15) is 0 Å². The molecule has 0 unspecified atom stereocenters. The molecular weight excluding hydrogens is 246 g/mol. The van der Waals surface area contributed by atoms with Crippen LogP contribution in [0.4, 0.5) is 5.82 Å². The van der Waals surface area contributed by atoms with Crippen LogP contribution in [0.15, 0.2) is 48.7 Å². The first-order valence-electron chi connectivity index (χ1n) is 6.75. The van der Waals surface area contributed by atoms with Crippen molar-refractivity contribution in [3.8, 4) is 0 Å². The van der Waals surface area contributed by atoms with E-state index in [2.05, 4.69) is 57.7 Å². The van der Waals surface area contributed by atoms with E-state index in [0.717, 1.165) is 23.8 Å². The maximum Gasteiger partial charge on any atom is 0.145 e. The minimum atomic E-state index is 0.749. The van der Waals surface area contributed by atoms with Crippen molar-refractivity contribution in [1.29, 1.82) is 0 Å². The number of rotatable bonds is 3. The lowest BCUT2D eigenvalue weighted by molar-refractivity contribution is 1.02. The highest BCUT2D eigenvalue weighted by atomic mass is 15.0. The van der Waals surface area contributed by atoms with Crippen molar-refractivity contribution in [2.45, 2.75) is 20.4 Å². The van der Waals surface area contributed by atoms with Crippen LogP contribution >= 0.6 is 0 Å². The largest absolute Gasteiger partial charge is 0.365 e. The van der Waals surface area contributed by atoms with Crippen LogP contribution in [-0.4, -0.2) is 9.97 Å². The predicted octanol–water partition coefficient (Wildman–Crippen LogP) is 3.86. The molecule has 0 radical (unpaired) electrons. The Kier molecular flexibility index (Phi) is 3.33. The highest BCUT2D eigenvalue weighted by molar-refractivity contribution is 5.85. The van der Waals surface area contributed by atoms with Gasteiger partial charge in [0, 0.05) is 6.54 Å². The smallest absolute Gasteiger partial charge is 0.145 e. The summed E-state index contributed by atoms with van der Waals surface area (Å²) in [6, 6.07) is 14.8. The molecule has 3 nitrogen and oxygen atoms in total. The molecule has 0 saturated carbocycles. The van der Waals surface area contributed by atoms with Gasteiger partial charge in [-0.05, 0) is 30.2 Å². The number of hydrogen-bond acceptors (Lipinski definition) is 3. The molecule has 3 heteroatoms. The van der Waals surface area contributed by atoms with Crippen LogP contribution < -0.4 is 5.32 Å². The molecule has 0 fully saturated rings. The van der Waals surface area contributed by atoms with Gasteiger partial charge in [0.25, 0.3) is 0 Å². The molecule has 1 aromatic heterocycles. The Labute approximate surface area is 118 Å². The Balaban J connectivity index is 1.85. The summed E-state index contributed by atoms with van der Waals surface area (Å²) in [5, 5.41) is 5.89. The normalized spacial score (nSPS) is 10.7. The van der Waals surface area contributed by atoms with Crippen molar-refractivity contribution in [3.05, 3.63) is 65.6 Å². The highest BCUT2D eigenvalue weighted by Crippen LogP contribution is 2.19. The lowest BCUT2D eigenvalue weighted by Crippen LogP contribution is -2.04. The molecule has 3 aromatic rings. The maximum absolute atomic E-state index is 4.49. The van der Waals surface area contributed by atoms with Gasteiger partial charge in [-0.3, -0.25) is 4.98 Å². The summed E-state index contributed by atoms with van der Waals surface area (Å²) in [6.45, 7) is 4.70. The number of aryl methyl sites for hydroxylation is 2. The zero-order chi connectivity index (χ0) is 13.9. The Hall–Kier alpha value is -2.42. The third-order valence-electron chi connectivity index (χ3n) is 3.53. The molecule has 20 heavy (non-hydrogen) atoms. The number of anilines is 1. The summed E-state index contributed by atoms with van der Waals surface area (Å²) in [5.41, 5.74) is 3.21. The average Bonchev–Trinajstić information content (AvgIpc) is 2.48. The third kappa shape index (κ3) is 2.48. The van der Waals surface area contributed by atoms with Crippen molar-refractivity contribution in [3.63, 3.8) is 0 Å². The summed E-state index contributed by atoms with van der Waals surface area (Å²) >= 11 is 0. The zero-order valence-electron chi connectivity index (χ0n) is 11.7. The van der Waals surface area contributed by atoms with Gasteiger partial charge >= 0.3 is 0 Å². The second kappa shape index (κ2) is 5.29. The molecule has 100 valence electrons. The fraction of sp³-hybridized carbons (Fsp3) is 0.176. The van der Waals surface area contributed by atoms with E-state index in [1.807, 2.05) is 13.8 Å². The standard InChI is InChI=1S/C17H17N3/c1-12-13(2)20-17(11-18-12)19-10-15-8-5-7-14-6-3-4-9-16(14)15/h3-9,11H,10H2,1-2H3,(H,19,20). The molecule has 1 heterocycles. The van der Waals surface area contributed by atoms with Crippen molar-refractivity contribution < 1.29 is 0 Å². The fourth-order valence-corrected chi connectivity index (χ4v) is 2.26. The first kappa shape index (κ1) is 12.6. The second-order valence-electron chi connectivity index (χ2n) is 4.92. The number of benzene rings is 2.